The minimum Gasteiger partial charge on any atom is -0.375 e. The lowest BCUT2D eigenvalue weighted by atomic mass is 10.1. The largest absolute Gasteiger partial charge is 0.375 e. The molecule has 0 aliphatic carbocycles. The molecule has 0 saturated carbocycles. The molecule has 0 aromatic heterocycles. The molecule has 1 unspecified atom stereocenters. The molecule has 4 heteroatoms. The number of hydrogen-bond acceptors (Lipinski definition) is 3. The first kappa shape index (κ1) is 14.7. The van der Waals surface area contributed by atoms with Gasteiger partial charge in [0.1, 0.15) is 6.61 Å². The number of methoxy groups -OCH3 is 1. The summed E-state index contributed by atoms with van der Waals surface area (Å²) < 4.78 is 10.4. The molecule has 0 aliphatic rings. The third kappa shape index (κ3) is 5.80. The van der Waals surface area contributed by atoms with Gasteiger partial charge in [-0.25, -0.2) is 0 Å². The number of ether oxygens (including phenoxy) is 2. The van der Waals surface area contributed by atoms with Crippen LogP contribution in [-0.4, -0.2) is 32.8 Å². The number of rotatable bonds is 8. The second-order valence-electron chi connectivity index (χ2n) is 4.06. The smallest absolute Gasteiger partial charge is 0.245 e. The second-order valence-corrected chi connectivity index (χ2v) is 4.06. The van der Waals surface area contributed by atoms with E-state index < -0.39 is 0 Å². The Labute approximate surface area is 108 Å². The summed E-state index contributed by atoms with van der Waals surface area (Å²) >= 11 is 0. The van der Waals surface area contributed by atoms with Crippen LogP contribution in [-0.2, 0) is 14.3 Å². The van der Waals surface area contributed by atoms with E-state index in [2.05, 4.69) is 5.32 Å². The number of amides is 1. The Morgan fingerprint density at radius 2 is 2.06 bits per heavy atom. The van der Waals surface area contributed by atoms with Crippen LogP contribution in [0.3, 0.4) is 0 Å². The minimum atomic E-state index is -0.0893. The van der Waals surface area contributed by atoms with Crippen molar-refractivity contribution in [3.63, 3.8) is 0 Å². The molecule has 0 radical (unpaired) electrons. The Morgan fingerprint density at radius 3 is 2.72 bits per heavy atom. The highest BCUT2D eigenvalue weighted by molar-refractivity contribution is 5.77. The maximum absolute atomic E-state index is 11.1. The van der Waals surface area contributed by atoms with E-state index in [0.29, 0.717) is 13.2 Å². The van der Waals surface area contributed by atoms with Gasteiger partial charge in [0.15, 0.2) is 0 Å². The van der Waals surface area contributed by atoms with Crippen LogP contribution in [0.15, 0.2) is 30.3 Å². The zero-order valence-corrected chi connectivity index (χ0v) is 11.0. The van der Waals surface area contributed by atoms with Crippen LogP contribution in [0.1, 0.15) is 25.0 Å². The second kappa shape index (κ2) is 8.66. The van der Waals surface area contributed by atoms with Gasteiger partial charge in [0.2, 0.25) is 5.91 Å². The first-order valence-corrected chi connectivity index (χ1v) is 6.16. The van der Waals surface area contributed by atoms with Crippen molar-refractivity contribution in [2.45, 2.75) is 19.4 Å². The molecule has 1 rings (SSSR count). The van der Waals surface area contributed by atoms with Crippen LogP contribution in [0.5, 0.6) is 0 Å². The highest BCUT2D eigenvalue weighted by atomic mass is 16.5. The summed E-state index contributed by atoms with van der Waals surface area (Å²) in [7, 11) is 1.50. The topological polar surface area (TPSA) is 47.6 Å². The van der Waals surface area contributed by atoms with Gasteiger partial charge in [-0.15, -0.1) is 0 Å². The molecule has 1 N–H and O–H groups in total. The van der Waals surface area contributed by atoms with Gasteiger partial charge in [0.05, 0.1) is 6.10 Å². The Kier molecular flexibility index (Phi) is 7.06. The third-order valence-corrected chi connectivity index (χ3v) is 2.56. The monoisotopic (exact) mass is 251 g/mol. The average molecular weight is 251 g/mol. The summed E-state index contributed by atoms with van der Waals surface area (Å²) in [6.07, 6.45) is 0.882. The molecule has 0 aliphatic heterocycles. The van der Waals surface area contributed by atoms with E-state index in [1.54, 1.807) is 0 Å². The maximum Gasteiger partial charge on any atom is 0.245 e. The SMILES string of the molecule is COCC(=O)NCCCOC(C)c1ccccc1. The lowest BCUT2D eigenvalue weighted by Crippen LogP contribution is -2.28. The third-order valence-electron chi connectivity index (χ3n) is 2.56. The maximum atomic E-state index is 11.1. The fourth-order valence-corrected chi connectivity index (χ4v) is 1.56. The first-order valence-electron chi connectivity index (χ1n) is 6.16. The predicted octanol–water partition coefficient (Wildman–Crippen LogP) is 1.92. The van der Waals surface area contributed by atoms with Crippen molar-refractivity contribution in [3.8, 4) is 0 Å². The van der Waals surface area contributed by atoms with Crippen molar-refractivity contribution in [2.75, 3.05) is 26.9 Å². The van der Waals surface area contributed by atoms with Gasteiger partial charge in [-0.1, -0.05) is 30.3 Å². The number of carbonyl (C=O) groups excluding carboxylic acids is 1. The number of carbonyl (C=O) groups is 1. The van der Waals surface area contributed by atoms with Crippen LogP contribution in [0, 0.1) is 0 Å². The van der Waals surface area contributed by atoms with Gasteiger partial charge in [0.25, 0.3) is 0 Å². The van der Waals surface area contributed by atoms with Gasteiger partial charge in [-0.05, 0) is 18.9 Å². The van der Waals surface area contributed by atoms with Gasteiger partial charge >= 0.3 is 0 Å². The van der Waals surface area contributed by atoms with Crippen molar-refractivity contribution >= 4 is 5.91 Å². The van der Waals surface area contributed by atoms with Crippen molar-refractivity contribution < 1.29 is 14.3 Å². The lowest BCUT2D eigenvalue weighted by Gasteiger charge is -2.13. The predicted molar refractivity (Wildman–Crippen MR) is 70.3 cm³/mol. The number of nitrogens with one attached hydrogen (secondary N) is 1. The van der Waals surface area contributed by atoms with Gasteiger partial charge in [-0.2, -0.15) is 0 Å². The standard InChI is InChI=1S/C14H21NO3/c1-12(13-7-4-3-5-8-13)18-10-6-9-15-14(16)11-17-2/h3-5,7-8,12H,6,9-11H2,1-2H3,(H,15,16). The molecule has 18 heavy (non-hydrogen) atoms. The van der Waals surface area contributed by atoms with Crippen molar-refractivity contribution in [3.05, 3.63) is 35.9 Å². The van der Waals surface area contributed by atoms with E-state index >= 15 is 0 Å². The van der Waals surface area contributed by atoms with E-state index in [9.17, 15) is 4.79 Å². The molecule has 1 amide bonds. The molecule has 100 valence electrons. The van der Waals surface area contributed by atoms with Crippen molar-refractivity contribution in [2.24, 2.45) is 0 Å². The summed E-state index contributed by atoms with van der Waals surface area (Å²) in [6.45, 7) is 3.38. The Bertz CT molecular complexity index is 340. The quantitative estimate of drug-likeness (QED) is 0.718. The molecule has 4 nitrogen and oxygen atoms in total. The van der Waals surface area contributed by atoms with Crippen LogP contribution in [0.2, 0.25) is 0 Å². The van der Waals surface area contributed by atoms with Crippen molar-refractivity contribution in [1.82, 2.24) is 5.32 Å². The molecule has 0 fully saturated rings. The van der Waals surface area contributed by atoms with E-state index in [4.69, 9.17) is 9.47 Å². The number of hydrogen-bond donors (Lipinski definition) is 1. The highest BCUT2D eigenvalue weighted by Gasteiger charge is 2.04. The van der Waals surface area contributed by atoms with Crippen LogP contribution in [0.4, 0.5) is 0 Å². The molecule has 0 spiro atoms. The van der Waals surface area contributed by atoms with E-state index in [0.717, 1.165) is 6.42 Å². The molecular weight excluding hydrogens is 230 g/mol. The van der Waals surface area contributed by atoms with Gasteiger partial charge < -0.3 is 14.8 Å². The fraction of sp³-hybridized carbons (Fsp3) is 0.500. The summed E-state index contributed by atoms with van der Waals surface area (Å²) in [5.74, 6) is -0.0893. The summed E-state index contributed by atoms with van der Waals surface area (Å²) in [5.41, 5.74) is 1.17. The molecule has 1 aromatic carbocycles. The number of benzene rings is 1. The van der Waals surface area contributed by atoms with Gasteiger partial charge in [-0.3, -0.25) is 4.79 Å². The van der Waals surface area contributed by atoms with E-state index in [1.165, 1.54) is 12.7 Å². The molecule has 0 heterocycles. The Morgan fingerprint density at radius 1 is 1.33 bits per heavy atom. The Hall–Kier alpha value is -1.39. The fourth-order valence-electron chi connectivity index (χ4n) is 1.56. The highest BCUT2D eigenvalue weighted by Crippen LogP contribution is 2.15. The Balaban J connectivity index is 2.09. The zero-order chi connectivity index (χ0) is 13.2. The van der Waals surface area contributed by atoms with Crippen LogP contribution in [0.25, 0.3) is 0 Å². The van der Waals surface area contributed by atoms with Crippen LogP contribution >= 0.6 is 0 Å². The molecule has 0 bridgehead atoms. The lowest BCUT2D eigenvalue weighted by molar-refractivity contribution is -0.124. The minimum absolute atomic E-state index is 0.0841. The summed E-state index contributed by atoms with van der Waals surface area (Å²) in [5, 5.41) is 2.75. The molecule has 1 atom stereocenters. The summed E-state index contributed by atoms with van der Waals surface area (Å²) in [4.78, 5) is 11.1. The first-order chi connectivity index (χ1) is 8.74. The van der Waals surface area contributed by atoms with Crippen molar-refractivity contribution in [1.29, 1.82) is 0 Å². The average Bonchev–Trinajstić information content (AvgIpc) is 2.39. The molecule has 0 saturated heterocycles. The van der Waals surface area contributed by atoms with Gasteiger partial charge in [0, 0.05) is 20.3 Å². The normalized spacial score (nSPS) is 12.1. The summed E-state index contributed by atoms with van der Waals surface area (Å²) in [6, 6.07) is 10.1. The zero-order valence-electron chi connectivity index (χ0n) is 11.0. The van der Waals surface area contributed by atoms with Crippen LogP contribution < -0.4 is 5.32 Å². The molecule has 1 aromatic rings. The van der Waals surface area contributed by atoms with E-state index in [1.807, 2.05) is 37.3 Å². The molecular formula is C14H21NO3. The van der Waals surface area contributed by atoms with E-state index in [-0.39, 0.29) is 18.6 Å².